The third kappa shape index (κ3) is 3.63. The first-order chi connectivity index (χ1) is 8.97. The Hall–Kier alpha value is -0.740. The fourth-order valence-corrected chi connectivity index (χ4v) is 2.53. The van der Waals surface area contributed by atoms with Crippen molar-refractivity contribution in [2.24, 2.45) is 0 Å². The van der Waals surface area contributed by atoms with Crippen molar-refractivity contribution < 1.29 is 9.84 Å². The topological polar surface area (TPSA) is 29.5 Å². The van der Waals surface area contributed by atoms with Crippen LogP contribution < -0.4 is 4.74 Å². The Morgan fingerprint density at radius 2 is 1.79 bits per heavy atom. The Balaban J connectivity index is 2.28. The number of hydrogen-bond donors (Lipinski definition) is 1. The second kappa shape index (κ2) is 6.14. The number of aliphatic hydroxyl groups is 1. The maximum atomic E-state index is 9.48. The third-order valence-electron chi connectivity index (χ3n) is 2.55. The summed E-state index contributed by atoms with van der Waals surface area (Å²) in [5.41, 5.74) is 0.743. The SMILES string of the molecule is CC(O)c1ccc(Oc2ccc(Cl)cc2Br)c(Cl)c1. The first-order valence-corrected chi connectivity index (χ1v) is 7.12. The van der Waals surface area contributed by atoms with Crippen molar-refractivity contribution in [3.8, 4) is 11.5 Å². The van der Waals surface area contributed by atoms with Gasteiger partial charge in [0.25, 0.3) is 0 Å². The standard InChI is InChI=1S/C14H11BrCl2O2/c1-8(18)9-2-4-14(12(17)6-9)19-13-5-3-10(16)7-11(13)15/h2-8,18H,1H3. The summed E-state index contributed by atoms with van der Waals surface area (Å²) in [4.78, 5) is 0. The minimum Gasteiger partial charge on any atom is -0.455 e. The van der Waals surface area contributed by atoms with Gasteiger partial charge in [-0.05, 0) is 58.7 Å². The molecule has 2 aromatic rings. The molecule has 0 saturated carbocycles. The van der Waals surface area contributed by atoms with Crippen LogP contribution in [0.15, 0.2) is 40.9 Å². The van der Waals surface area contributed by atoms with Crippen LogP contribution in [-0.2, 0) is 0 Å². The summed E-state index contributed by atoms with van der Waals surface area (Å²) in [6.45, 7) is 1.68. The van der Waals surface area contributed by atoms with Crippen LogP contribution in [0.2, 0.25) is 10.0 Å². The van der Waals surface area contributed by atoms with Gasteiger partial charge >= 0.3 is 0 Å². The Morgan fingerprint density at radius 1 is 1.11 bits per heavy atom. The van der Waals surface area contributed by atoms with Crippen molar-refractivity contribution in [3.63, 3.8) is 0 Å². The summed E-state index contributed by atoms with van der Waals surface area (Å²) >= 11 is 15.4. The fourth-order valence-electron chi connectivity index (χ4n) is 1.54. The van der Waals surface area contributed by atoms with E-state index in [9.17, 15) is 5.11 Å². The lowest BCUT2D eigenvalue weighted by Crippen LogP contribution is -1.92. The molecule has 2 aromatic carbocycles. The average Bonchev–Trinajstić information content (AvgIpc) is 2.34. The zero-order valence-electron chi connectivity index (χ0n) is 10.0. The van der Waals surface area contributed by atoms with E-state index < -0.39 is 6.10 Å². The summed E-state index contributed by atoms with van der Waals surface area (Å²) in [5.74, 6) is 1.14. The number of ether oxygens (including phenoxy) is 1. The number of halogens is 3. The van der Waals surface area contributed by atoms with Crippen LogP contribution in [0, 0.1) is 0 Å². The largest absolute Gasteiger partial charge is 0.455 e. The van der Waals surface area contributed by atoms with Crippen molar-refractivity contribution in [1.82, 2.24) is 0 Å². The lowest BCUT2D eigenvalue weighted by Gasteiger charge is -2.11. The Morgan fingerprint density at radius 3 is 2.37 bits per heavy atom. The first kappa shape index (κ1) is 14.7. The minimum absolute atomic E-state index is 0.445. The molecule has 0 aromatic heterocycles. The van der Waals surface area contributed by atoms with E-state index in [1.807, 2.05) is 0 Å². The summed E-state index contributed by atoms with van der Waals surface area (Å²) in [7, 11) is 0. The average molecular weight is 362 g/mol. The van der Waals surface area contributed by atoms with E-state index in [0.717, 1.165) is 10.0 Å². The van der Waals surface area contributed by atoms with Crippen LogP contribution in [-0.4, -0.2) is 5.11 Å². The fraction of sp³-hybridized carbons (Fsp3) is 0.143. The van der Waals surface area contributed by atoms with E-state index in [4.69, 9.17) is 27.9 Å². The van der Waals surface area contributed by atoms with Crippen LogP contribution in [0.1, 0.15) is 18.6 Å². The summed E-state index contributed by atoms with van der Waals surface area (Å²) in [6.07, 6.45) is -0.561. The molecule has 0 aliphatic carbocycles. The molecule has 0 bridgehead atoms. The second-order valence-electron chi connectivity index (χ2n) is 4.04. The van der Waals surface area contributed by atoms with Crippen LogP contribution >= 0.6 is 39.1 Å². The molecule has 0 radical (unpaired) electrons. The molecule has 1 unspecified atom stereocenters. The molecule has 1 N–H and O–H groups in total. The zero-order chi connectivity index (χ0) is 14.0. The highest BCUT2D eigenvalue weighted by Crippen LogP contribution is 2.36. The molecule has 2 rings (SSSR count). The predicted molar refractivity (Wildman–Crippen MR) is 81.3 cm³/mol. The van der Waals surface area contributed by atoms with Gasteiger partial charge in [-0.2, -0.15) is 0 Å². The molecule has 0 aliphatic rings. The molecule has 0 aliphatic heterocycles. The van der Waals surface area contributed by atoms with Gasteiger partial charge in [0.05, 0.1) is 15.6 Å². The summed E-state index contributed by atoms with van der Waals surface area (Å²) in [5, 5.41) is 10.5. The molecule has 0 spiro atoms. The number of rotatable bonds is 3. The van der Waals surface area contributed by atoms with Crippen LogP contribution in [0.4, 0.5) is 0 Å². The molecular weight excluding hydrogens is 351 g/mol. The van der Waals surface area contributed by atoms with Crippen LogP contribution in [0.3, 0.4) is 0 Å². The second-order valence-corrected chi connectivity index (χ2v) is 5.74. The highest BCUT2D eigenvalue weighted by Gasteiger charge is 2.09. The van der Waals surface area contributed by atoms with E-state index in [1.165, 1.54) is 0 Å². The molecular formula is C14H11BrCl2O2. The van der Waals surface area contributed by atoms with Gasteiger partial charge in [-0.1, -0.05) is 29.3 Å². The van der Waals surface area contributed by atoms with Crippen molar-refractivity contribution in [1.29, 1.82) is 0 Å². The third-order valence-corrected chi connectivity index (χ3v) is 3.70. The van der Waals surface area contributed by atoms with Crippen molar-refractivity contribution in [2.75, 3.05) is 0 Å². The lowest BCUT2D eigenvalue weighted by atomic mass is 10.1. The quantitative estimate of drug-likeness (QED) is 0.770. The van der Waals surface area contributed by atoms with E-state index in [-0.39, 0.29) is 0 Å². The molecule has 0 saturated heterocycles. The van der Waals surface area contributed by atoms with Gasteiger partial charge in [0.15, 0.2) is 0 Å². The van der Waals surface area contributed by atoms with Gasteiger partial charge in [0.1, 0.15) is 11.5 Å². The molecule has 0 fully saturated rings. The first-order valence-electron chi connectivity index (χ1n) is 5.58. The molecule has 2 nitrogen and oxygen atoms in total. The van der Waals surface area contributed by atoms with Crippen molar-refractivity contribution >= 4 is 39.1 Å². The van der Waals surface area contributed by atoms with Crippen LogP contribution in [0.25, 0.3) is 0 Å². The van der Waals surface area contributed by atoms with E-state index >= 15 is 0 Å². The predicted octanol–water partition coefficient (Wildman–Crippen LogP) is 5.60. The Bertz CT molecular complexity index is 600. The van der Waals surface area contributed by atoms with Gasteiger partial charge in [0, 0.05) is 5.02 Å². The smallest absolute Gasteiger partial charge is 0.146 e. The van der Waals surface area contributed by atoms with Crippen LogP contribution in [0.5, 0.6) is 11.5 Å². The molecule has 5 heteroatoms. The van der Waals surface area contributed by atoms with Gasteiger partial charge < -0.3 is 9.84 Å². The maximum Gasteiger partial charge on any atom is 0.146 e. The monoisotopic (exact) mass is 360 g/mol. The summed E-state index contributed by atoms with van der Waals surface area (Å²) < 4.78 is 6.46. The van der Waals surface area contributed by atoms with Gasteiger partial charge in [-0.15, -0.1) is 0 Å². The Labute approximate surface area is 130 Å². The van der Waals surface area contributed by atoms with E-state index in [2.05, 4.69) is 15.9 Å². The maximum absolute atomic E-state index is 9.48. The normalized spacial score (nSPS) is 12.3. The zero-order valence-corrected chi connectivity index (χ0v) is 13.1. The molecule has 1 atom stereocenters. The highest BCUT2D eigenvalue weighted by atomic mass is 79.9. The van der Waals surface area contributed by atoms with Gasteiger partial charge in [-0.3, -0.25) is 0 Å². The van der Waals surface area contributed by atoms with Crippen molar-refractivity contribution in [2.45, 2.75) is 13.0 Å². The van der Waals surface area contributed by atoms with Gasteiger partial charge in [-0.25, -0.2) is 0 Å². The summed E-state index contributed by atoms with van der Waals surface area (Å²) in [6, 6.07) is 10.4. The van der Waals surface area contributed by atoms with Gasteiger partial charge in [0.2, 0.25) is 0 Å². The number of aliphatic hydroxyl groups excluding tert-OH is 1. The Kier molecular flexibility index (Phi) is 4.74. The highest BCUT2D eigenvalue weighted by molar-refractivity contribution is 9.10. The molecule has 100 valence electrons. The molecule has 0 amide bonds. The van der Waals surface area contributed by atoms with Crippen molar-refractivity contribution in [3.05, 3.63) is 56.5 Å². The number of benzene rings is 2. The molecule has 0 heterocycles. The molecule has 19 heavy (non-hydrogen) atoms. The number of hydrogen-bond acceptors (Lipinski definition) is 2. The lowest BCUT2D eigenvalue weighted by molar-refractivity contribution is 0.199. The van der Waals surface area contributed by atoms with E-state index in [0.29, 0.717) is 21.5 Å². The minimum atomic E-state index is -0.561. The van der Waals surface area contributed by atoms with E-state index in [1.54, 1.807) is 43.3 Å².